The Morgan fingerprint density at radius 3 is 2.64 bits per heavy atom. The highest BCUT2D eigenvalue weighted by Gasteiger charge is 2.39. The molecule has 1 saturated heterocycles. The summed E-state index contributed by atoms with van der Waals surface area (Å²) in [5, 5.41) is 6.46. The fourth-order valence-electron chi connectivity index (χ4n) is 3.60. The van der Waals surface area contributed by atoms with Gasteiger partial charge in [-0.2, -0.15) is 0 Å². The van der Waals surface area contributed by atoms with Gasteiger partial charge in [-0.3, -0.25) is 4.79 Å². The first kappa shape index (κ1) is 24.7. The van der Waals surface area contributed by atoms with Crippen LogP contribution in [0.1, 0.15) is 50.7 Å². The molecule has 28 heavy (non-hydrogen) atoms. The zero-order chi connectivity index (χ0) is 19.7. The van der Waals surface area contributed by atoms with Crippen molar-refractivity contribution in [3.63, 3.8) is 0 Å². The van der Waals surface area contributed by atoms with Crippen LogP contribution in [0.4, 0.5) is 0 Å². The highest BCUT2D eigenvalue weighted by atomic mass is 35.5. The fraction of sp³-hybridized carbons (Fsp3) is 0.682. The minimum atomic E-state index is -0.428. The number of ether oxygens (including phenoxy) is 2. The maximum atomic E-state index is 12.9. The van der Waals surface area contributed by atoms with Crippen molar-refractivity contribution in [3.8, 4) is 5.75 Å². The van der Waals surface area contributed by atoms with Crippen LogP contribution < -0.4 is 15.4 Å². The Labute approximate surface area is 176 Å². The van der Waals surface area contributed by atoms with Crippen molar-refractivity contribution in [3.05, 3.63) is 29.3 Å². The second kappa shape index (κ2) is 12.3. The monoisotopic (exact) mass is 412 g/mol. The summed E-state index contributed by atoms with van der Waals surface area (Å²) in [4.78, 5) is 12.9. The summed E-state index contributed by atoms with van der Waals surface area (Å²) in [7, 11) is 1.67. The molecule has 2 rings (SSSR count). The van der Waals surface area contributed by atoms with Crippen LogP contribution in [-0.4, -0.2) is 39.3 Å². The summed E-state index contributed by atoms with van der Waals surface area (Å²) < 4.78 is 11.4. The first-order chi connectivity index (χ1) is 13.0. The summed E-state index contributed by atoms with van der Waals surface area (Å²) in [6.45, 7) is 9.88. The van der Waals surface area contributed by atoms with E-state index >= 15 is 0 Å². The largest absolute Gasteiger partial charge is 0.493 e. The zero-order valence-electron chi connectivity index (χ0n) is 17.8. The van der Waals surface area contributed by atoms with Gasteiger partial charge in [-0.05, 0) is 63.2 Å². The molecule has 1 aromatic carbocycles. The van der Waals surface area contributed by atoms with E-state index in [1.165, 1.54) is 0 Å². The lowest BCUT2D eigenvalue weighted by molar-refractivity contribution is -0.136. The first-order valence-corrected chi connectivity index (χ1v) is 10.2. The number of piperidine rings is 1. The van der Waals surface area contributed by atoms with Crippen LogP contribution in [0, 0.1) is 18.3 Å². The van der Waals surface area contributed by atoms with E-state index in [2.05, 4.69) is 49.6 Å². The van der Waals surface area contributed by atoms with Crippen molar-refractivity contribution in [1.82, 2.24) is 10.6 Å². The van der Waals surface area contributed by atoms with Crippen LogP contribution in [0.5, 0.6) is 5.75 Å². The number of carbonyl (C=O) groups excluding carboxylic acids is 1. The number of amides is 1. The zero-order valence-corrected chi connectivity index (χ0v) is 18.6. The van der Waals surface area contributed by atoms with E-state index in [0.717, 1.165) is 55.6 Å². The molecule has 0 aromatic heterocycles. The highest BCUT2D eigenvalue weighted by Crippen LogP contribution is 2.30. The Morgan fingerprint density at radius 1 is 1.29 bits per heavy atom. The number of rotatable bonds is 10. The van der Waals surface area contributed by atoms with Crippen LogP contribution in [-0.2, 0) is 16.1 Å². The lowest BCUT2D eigenvalue weighted by Gasteiger charge is -2.35. The van der Waals surface area contributed by atoms with Crippen molar-refractivity contribution in [2.24, 2.45) is 11.3 Å². The van der Waals surface area contributed by atoms with Gasteiger partial charge < -0.3 is 20.1 Å². The normalized spacial score (nSPS) is 15.8. The second-order valence-electron chi connectivity index (χ2n) is 8.14. The van der Waals surface area contributed by atoms with Gasteiger partial charge in [0, 0.05) is 19.2 Å². The van der Waals surface area contributed by atoms with E-state index in [1.807, 2.05) is 0 Å². The van der Waals surface area contributed by atoms with Gasteiger partial charge >= 0.3 is 0 Å². The number of hydrogen-bond acceptors (Lipinski definition) is 4. The van der Waals surface area contributed by atoms with Gasteiger partial charge in [-0.15, -0.1) is 12.4 Å². The van der Waals surface area contributed by atoms with Gasteiger partial charge in [0.25, 0.3) is 0 Å². The molecule has 5 nitrogen and oxygen atoms in total. The molecule has 0 spiro atoms. The molecule has 1 heterocycles. The van der Waals surface area contributed by atoms with Crippen LogP contribution in [0.25, 0.3) is 0 Å². The first-order valence-electron chi connectivity index (χ1n) is 10.2. The van der Waals surface area contributed by atoms with Gasteiger partial charge in [0.2, 0.25) is 5.91 Å². The molecule has 6 heteroatoms. The van der Waals surface area contributed by atoms with E-state index in [1.54, 1.807) is 7.11 Å². The van der Waals surface area contributed by atoms with E-state index in [9.17, 15) is 4.79 Å². The molecule has 1 aliphatic heterocycles. The molecule has 1 aliphatic rings. The van der Waals surface area contributed by atoms with Crippen molar-refractivity contribution >= 4 is 18.3 Å². The van der Waals surface area contributed by atoms with Crippen LogP contribution in [0.2, 0.25) is 0 Å². The predicted molar refractivity (Wildman–Crippen MR) is 116 cm³/mol. The third kappa shape index (κ3) is 7.26. The number of carbonyl (C=O) groups is 1. The maximum Gasteiger partial charge on any atom is 0.228 e. The SMILES string of the molecule is COCC1(C(=O)NCc2ccc(C)cc2OCCCC(C)C)CCNCC1.Cl. The molecular weight excluding hydrogens is 376 g/mol. The van der Waals surface area contributed by atoms with Gasteiger partial charge in [-0.1, -0.05) is 26.0 Å². The van der Waals surface area contributed by atoms with Gasteiger partial charge in [0.1, 0.15) is 5.75 Å². The van der Waals surface area contributed by atoms with Crippen LogP contribution in [0.3, 0.4) is 0 Å². The number of halogens is 1. The minimum Gasteiger partial charge on any atom is -0.493 e. The molecule has 0 unspecified atom stereocenters. The molecule has 1 amide bonds. The fourth-order valence-corrected chi connectivity index (χ4v) is 3.60. The molecule has 0 atom stereocenters. The summed E-state index contributed by atoms with van der Waals surface area (Å²) in [5.41, 5.74) is 1.77. The molecule has 1 aromatic rings. The number of nitrogens with one attached hydrogen (secondary N) is 2. The summed E-state index contributed by atoms with van der Waals surface area (Å²) in [6, 6.07) is 6.18. The van der Waals surface area contributed by atoms with Crippen molar-refractivity contribution in [1.29, 1.82) is 0 Å². The average Bonchev–Trinajstić information content (AvgIpc) is 2.65. The lowest BCUT2D eigenvalue weighted by Crippen LogP contribution is -2.50. The van der Waals surface area contributed by atoms with E-state index in [0.29, 0.717) is 25.7 Å². The number of aryl methyl sites for hydroxylation is 1. The standard InChI is InChI=1S/C22H36N2O3.ClH/c1-17(2)6-5-13-27-20-14-18(3)7-8-19(20)15-24-21(25)22(16-26-4)9-11-23-12-10-22;/h7-8,14,17,23H,5-6,9-13,15-16H2,1-4H3,(H,24,25);1H. The molecule has 0 aliphatic carbocycles. The predicted octanol–water partition coefficient (Wildman–Crippen LogP) is 3.86. The van der Waals surface area contributed by atoms with Crippen molar-refractivity contribution < 1.29 is 14.3 Å². The topological polar surface area (TPSA) is 59.6 Å². The lowest BCUT2D eigenvalue weighted by atomic mass is 9.78. The Hall–Kier alpha value is -1.30. The molecule has 0 radical (unpaired) electrons. The summed E-state index contributed by atoms with van der Waals surface area (Å²) >= 11 is 0. The third-order valence-corrected chi connectivity index (χ3v) is 5.31. The van der Waals surface area contributed by atoms with E-state index < -0.39 is 5.41 Å². The Balaban J connectivity index is 0.00000392. The molecular formula is C22H37ClN2O3. The second-order valence-corrected chi connectivity index (χ2v) is 8.14. The van der Waals surface area contributed by atoms with Gasteiger partial charge in [0.15, 0.2) is 0 Å². The maximum absolute atomic E-state index is 12.9. The van der Waals surface area contributed by atoms with Crippen LogP contribution in [0.15, 0.2) is 18.2 Å². The van der Waals surface area contributed by atoms with E-state index in [4.69, 9.17) is 9.47 Å². The summed E-state index contributed by atoms with van der Waals surface area (Å²) in [6.07, 6.45) is 3.81. The summed E-state index contributed by atoms with van der Waals surface area (Å²) in [5.74, 6) is 1.65. The average molecular weight is 413 g/mol. The molecule has 2 N–H and O–H groups in total. The van der Waals surface area contributed by atoms with Crippen molar-refractivity contribution in [2.75, 3.05) is 33.4 Å². The Kier molecular flexibility index (Phi) is 10.9. The highest BCUT2D eigenvalue weighted by molar-refractivity contribution is 5.85. The quantitative estimate of drug-likeness (QED) is 0.573. The number of methoxy groups -OCH3 is 1. The van der Waals surface area contributed by atoms with Gasteiger partial charge in [0.05, 0.1) is 18.6 Å². The van der Waals surface area contributed by atoms with Crippen LogP contribution >= 0.6 is 12.4 Å². The molecule has 160 valence electrons. The molecule has 1 fully saturated rings. The molecule has 0 saturated carbocycles. The Morgan fingerprint density at radius 2 is 2.00 bits per heavy atom. The van der Waals surface area contributed by atoms with E-state index in [-0.39, 0.29) is 18.3 Å². The number of benzene rings is 1. The smallest absolute Gasteiger partial charge is 0.228 e. The third-order valence-electron chi connectivity index (χ3n) is 5.31. The van der Waals surface area contributed by atoms with Gasteiger partial charge in [-0.25, -0.2) is 0 Å². The van der Waals surface area contributed by atoms with Crippen molar-refractivity contribution in [2.45, 2.75) is 53.0 Å². The number of hydrogen-bond donors (Lipinski definition) is 2. The Bertz CT molecular complexity index is 596. The molecule has 0 bridgehead atoms. The minimum absolute atomic E-state index is 0.